The third-order valence-corrected chi connectivity index (χ3v) is 2.84. The van der Waals surface area contributed by atoms with E-state index < -0.39 is 30.1 Å². The Bertz CT molecular complexity index is 354. The molecule has 2 amide bonds. The average Bonchev–Trinajstić information content (AvgIpc) is 2.46. The van der Waals surface area contributed by atoms with Crippen molar-refractivity contribution in [2.75, 3.05) is 13.1 Å². The molecule has 0 bridgehead atoms. The van der Waals surface area contributed by atoms with Gasteiger partial charge in [0, 0.05) is 6.54 Å². The van der Waals surface area contributed by atoms with E-state index in [1.165, 1.54) is 0 Å². The molecule has 0 aromatic carbocycles. The quantitative estimate of drug-likeness (QED) is 0.238. The van der Waals surface area contributed by atoms with Crippen LogP contribution in [0.3, 0.4) is 0 Å². The van der Waals surface area contributed by atoms with Gasteiger partial charge in [0.1, 0.15) is 12.1 Å². The van der Waals surface area contributed by atoms with E-state index in [1.807, 2.05) is 0 Å². The molecule has 10 heteroatoms. The van der Waals surface area contributed by atoms with Crippen LogP contribution in [0.25, 0.3) is 0 Å². The SMILES string of the molecule is C.NC(=O)NCCCCC(N)C(=O)O.NCCCCC(N)C(=O)O. The number of rotatable bonds is 11. The number of amides is 2. The summed E-state index contributed by atoms with van der Waals surface area (Å²) in [6, 6.07) is -2.09. The minimum Gasteiger partial charge on any atom is -0.480 e. The molecule has 144 valence electrons. The summed E-state index contributed by atoms with van der Waals surface area (Å²) in [4.78, 5) is 30.6. The van der Waals surface area contributed by atoms with Crippen LogP contribution in [0.1, 0.15) is 46.0 Å². The van der Waals surface area contributed by atoms with Crippen molar-refractivity contribution in [3.63, 3.8) is 0 Å². The van der Waals surface area contributed by atoms with Gasteiger partial charge < -0.3 is 38.5 Å². The number of nitrogens with one attached hydrogen (secondary N) is 1. The largest absolute Gasteiger partial charge is 0.480 e. The van der Waals surface area contributed by atoms with Gasteiger partial charge in [0.15, 0.2) is 0 Å². The lowest BCUT2D eigenvalue weighted by Crippen LogP contribution is -2.31. The van der Waals surface area contributed by atoms with E-state index >= 15 is 0 Å². The highest BCUT2D eigenvalue weighted by Crippen LogP contribution is 1.98. The molecule has 0 rings (SSSR count). The molecule has 24 heavy (non-hydrogen) atoms. The Labute approximate surface area is 142 Å². The minimum absolute atomic E-state index is 0. The first-order valence-corrected chi connectivity index (χ1v) is 7.42. The summed E-state index contributed by atoms with van der Waals surface area (Å²) < 4.78 is 0. The van der Waals surface area contributed by atoms with Crippen molar-refractivity contribution in [3.05, 3.63) is 0 Å². The number of carbonyl (C=O) groups excluding carboxylic acids is 1. The normalized spacial score (nSPS) is 12.0. The summed E-state index contributed by atoms with van der Waals surface area (Å²) in [6.07, 6.45) is 3.92. The van der Waals surface area contributed by atoms with Gasteiger partial charge >= 0.3 is 18.0 Å². The molecule has 2 unspecified atom stereocenters. The molecule has 10 nitrogen and oxygen atoms in total. The van der Waals surface area contributed by atoms with Crippen molar-refractivity contribution in [1.29, 1.82) is 0 Å². The Hall–Kier alpha value is -1.91. The van der Waals surface area contributed by atoms with Crippen molar-refractivity contribution in [2.24, 2.45) is 22.9 Å². The van der Waals surface area contributed by atoms with E-state index in [1.54, 1.807) is 0 Å². The van der Waals surface area contributed by atoms with E-state index in [0.717, 1.165) is 12.8 Å². The number of carboxylic acid groups (broad SMARTS) is 2. The molecule has 0 aliphatic rings. The Morgan fingerprint density at radius 1 is 0.875 bits per heavy atom. The van der Waals surface area contributed by atoms with Crippen LogP contribution in [0.15, 0.2) is 0 Å². The average molecular weight is 351 g/mol. The highest BCUT2D eigenvalue weighted by atomic mass is 16.4. The second-order valence-electron chi connectivity index (χ2n) is 4.96. The molecule has 0 aromatic rings. The summed E-state index contributed by atoms with van der Waals surface area (Å²) in [7, 11) is 0. The van der Waals surface area contributed by atoms with Crippen LogP contribution in [0.4, 0.5) is 4.79 Å². The minimum atomic E-state index is -0.997. The molecule has 0 aliphatic heterocycles. The van der Waals surface area contributed by atoms with Crippen LogP contribution in [0.2, 0.25) is 0 Å². The molecule has 2 atom stereocenters. The fraction of sp³-hybridized carbons (Fsp3) is 0.786. The van der Waals surface area contributed by atoms with Crippen LogP contribution in [-0.2, 0) is 9.59 Å². The predicted molar refractivity (Wildman–Crippen MR) is 92.3 cm³/mol. The van der Waals surface area contributed by atoms with Gasteiger partial charge in [0.2, 0.25) is 0 Å². The second kappa shape index (κ2) is 17.4. The number of urea groups is 1. The van der Waals surface area contributed by atoms with E-state index in [9.17, 15) is 14.4 Å². The molecule has 11 N–H and O–H groups in total. The van der Waals surface area contributed by atoms with Crippen LogP contribution >= 0.6 is 0 Å². The first-order chi connectivity index (χ1) is 10.7. The lowest BCUT2D eigenvalue weighted by Gasteiger charge is -2.05. The lowest BCUT2D eigenvalue weighted by atomic mass is 10.1. The summed E-state index contributed by atoms with van der Waals surface area (Å²) in [6.45, 7) is 1.06. The third kappa shape index (κ3) is 20.1. The summed E-state index contributed by atoms with van der Waals surface area (Å²) in [5.74, 6) is -1.93. The Morgan fingerprint density at radius 2 is 1.29 bits per heavy atom. The van der Waals surface area contributed by atoms with E-state index in [-0.39, 0.29) is 7.43 Å². The van der Waals surface area contributed by atoms with Gasteiger partial charge in [-0.15, -0.1) is 0 Å². The molecule has 0 radical (unpaired) electrons. The first kappa shape index (κ1) is 27.0. The highest BCUT2D eigenvalue weighted by molar-refractivity contribution is 5.73. The van der Waals surface area contributed by atoms with Crippen LogP contribution in [-0.4, -0.2) is 53.4 Å². The van der Waals surface area contributed by atoms with Crippen molar-refractivity contribution in [3.8, 4) is 0 Å². The maximum Gasteiger partial charge on any atom is 0.320 e. The summed E-state index contributed by atoms with van der Waals surface area (Å²) >= 11 is 0. The number of carboxylic acids is 2. The summed E-state index contributed by atoms with van der Waals surface area (Å²) in [5, 5.41) is 19.1. The van der Waals surface area contributed by atoms with Gasteiger partial charge in [-0.05, 0) is 38.6 Å². The number of nitrogens with two attached hydrogens (primary N) is 4. The lowest BCUT2D eigenvalue weighted by molar-refractivity contribution is -0.139. The van der Waals surface area contributed by atoms with Gasteiger partial charge in [-0.2, -0.15) is 0 Å². The molecule has 0 aromatic heterocycles. The molecule has 0 heterocycles. The number of primary amides is 1. The highest BCUT2D eigenvalue weighted by Gasteiger charge is 2.10. The van der Waals surface area contributed by atoms with Gasteiger partial charge in [-0.3, -0.25) is 9.59 Å². The van der Waals surface area contributed by atoms with E-state index in [0.29, 0.717) is 38.8 Å². The molecule has 0 aliphatic carbocycles. The topological polar surface area (TPSA) is 208 Å². The van der Waals surface area contributed by atoms with Crippen LogP contribution in [0, 0.1) is 0 Å². The number of hydrogen-bond donors (Lipinski definition) is 7. The van der Waals surface area contributed by atoms with Gasteiger partial charge in [-0.1, -0.05) is 13.8 Å². The zero-order valence-electron chi connectivity index (χ0n) is 13.2. The Kier molecular flexibility index (Phi) is 19.6. The Balaban J connectivity index is -0.000000364. The zero-order chi connectivity index (χ0) is 18.3. The van der Waals surface area contributed by atoms with Crippen LogP contribution in [0.5, 0.6) is 0 Å². The standard InChI is InChI=1S/C7H15N3O3.C6H14N2O2.CH4/c8-5(6(11)12)3-1-2-4-10-7(9)13;7-4-2-1-3-5(8)6(9)10;/h5H,1-4,8H2,(H,11,12)(H3,9,10,13);5H,1-4,7-8H2,(H,9,10);1H4. The molecular formula is C14H33N5O5. The zero-order valence-corrected chi connectivity index (χ0v) is 13.2. The monoisotopic (exact) mass is 351 g/mol. The molecule has 0 spiro atoms. The van der Waals surface area contributed by atoms with Crippen molar-refractivity contribution in [1.82, 2.24) is 5.32 Å². The second-order valence-corrected chi connectivity index (χ2v) is 4.96. The maximum atomic E-state index is 10.3. The number of aliphatic carboxylic acids is 2. The molecule has 0 saturated carbocycles. The van der Waals surface area contributed by atoms with Crippen molar-refractivity contribution >= 4 is 18.0 Å². The molecule has 0 fully saturated rings. The fourth-order valence-corrected chi connectivity index (χ4v) is 1.46. The molecule has 0 saturated heterocycles. The van der Waals surface area contributed by atoms with Crippen LogP contribution < -0.4 is 28.3 Å². The number of unbranched alkanes of at least 4 members (excludes halogenated alkanes) is 2. The van der Waals surface area contributed by atoms with Gasteiger partial charge in [-0.25, -0.2) is 4.79 Å². The van der Waals surface area contributed by atoms with E-state index in [4.69, 9.17) is 33.1 Å². The van der Waals surface area contributed by atoms with Gasteiger partial charge in [0.05, 0.1) is 0 Å². The van der Waals surface area contributed by atoms with Gasteiger partial charge in [0.25, 0.3) is 0 Å². The summed E-state index contributed by atoms with van der Waals surface area (Å²) in [5.41, 5.74) is 20.5. The Morgan fingerprint density at radius 3 is 1.62 bits per heavy atom. The third-order valence-electron chi connectivity index (χ3n) is 2.84. The van der Waals surface area contributed by atoms with Crippen molar-refractivity contribution in [2.45, 2.75) is 58.0 Å². The van der Waals surface area contributed by atoms with Crippen molar-refractivity contribution < 1.29 is 24.6 Å². The smallest absolute Gasteiger partial charge is 0.320 e. The number of carbonyl (C=O) groups is 3. The number of hydrogen-bond acceptors (Lipinski definition) is 6. The van der Waals surface area contributed by atoms with E-state index in [2.05, 4.69) is 5.32 Å². The maximum absolute atomic E-state index is 10.3. The first-order valence-electron chi connectivity index (χ1n) is 7.42. The molecular weight excluding hydrogens is 318 g/mol. The predicted octanol–water partition coefficient (Wildman–Crippen LogP) is -0.600. The fourth-order valence-electron chi connectivity index (χ4n) is 1.46.